The SMILES string of the molecule is CC(C)[C@@H]1CC[C@@H](C)[C@H]2[C@@H](C(=O)O)[C@]21C1(C(N)=O)CCCC1. The molecule has 4 nitrogen and oxygen atoms in total. The maximum absolute atomic E-state index is 12.5. The number of amides is 1. The summed E-state index contributed by atoms with van der Waals surface area (Å²) in [6.45, 7) is 6.53. The molecule has 0 aliphatic heterocycles. The summed E-state index contributed by atoms with van der Waals surface area (Å²) in [4.78, 5) is 24.5. The number of carboxylic acids is 1. The van der Waals surface area contributed by atoms with Crippen LogP contribution in [0.3, 0.4) is 0 Å². The van der Waals surface area contributed by atoms with Crippen molar-refractivity contribution in [2.75, 3.05) is 0 Å². The molecule has 4 heteroatoms. The van der Waals surface area contributed by atoms with E-state index in [4.69, 9.17) is 5.73 Å². The lowest BCUT2D eigenvalue weighted by molar-refractivity contribution is -0.144. The van der Waals surface area contributed by atoms with Crippen molar-refractivity contribution in [3.05, 3.63) is 0 Å². The van der Waals surface area contributed by atoms with Gasteiger partial charge in [-0.2, -0.15) is 0 Å². The van der Waals surface area contributed by atoms with Crippen molar-refractivity contribution in [2.24, 2.45) is 46.2 Å². The Morgan fingerprint density at radius 3 is 2.23 bits per heavy atom. The molecular weight excluding hydrogens is 278 g/mol. The highest BCUT2D eigenvalue weighted by molar-refractivity contribution is 5.87. The first-order valence-corrected chi connectivity index (χ1v) is 8.83. The molecule has 3 N–H and O–H groups in total. The molecule has 0 unspecified atom stereocenters. The summed E-state index contributed by atoms with van der Waals surface area (Å²) in [6, 6.07) is 0. The molecule has 0 spiro atoms. The summed E-state index contributed by atoms with van der Waals surface area (Å²) in [5.74, 6) is -0.0975. The molecule has 0 aromatic rings. The van der Waals surface area contributed by atoms with E-state index >= 15 is 0 Å². The average molecular weight is 307 g/mol. The summed E-state index contributed by atoms with van der Waals surface area (Å²) in [7, 11) is 0. The number of hydrogen-bond acceptors (Lipinski definition) is 2. The van der Waals surface area contributed by atoms with Crippen LogP contribution >= 0.6 is 0 Å². The smallest absolute Gasteiger partial charge is 0.307 e. The van der Waals surface area contributed by atoms with Gasteiger partial charge in [0.05, 0.1) is 11.3 Å². The van der Waals surface area contributed by atoms with Gasteiger partial charge >= 0.3 is 5.97 Å². The Hall–Kier alpha value is -1.06. The van der Waals surface area contributed by atoms with Crippen molar-refractivity contribution in [2.45, 2.75) is 59.3 Å². The number of primary amides is 1. The Labute approximate surface area is 132 Å². The van der Waals surface area contributed by atoms with Gasteiger partial charge in [0, 0.05) is 5.41 Å². The van der Waals surface area contributed by atoms with Crippen molar-refractivity contribution in [1.82, 2.24) is 0 Å². The van der Waals surface area contributed by atoms with Gasteiger partial charge in [0.2, 0.25) is 5.91 Å². The molecule has 0 saturated heterocycles. The van der Waals surface area contributed by atoms with Crippen LogP contribution in [0.15, 0.2) is 0 Å². The molecule has 0 bridgehead atoms. The highest BCUT2D eigenvalue weighted by Gasteiger charge is 2.82. The predicted molar refractivity (Wildman–Crippen MR) is 83.9 cm³/mol. The zero-order valence-electron chi connectivity index (χ0n) is 14.0. The minimum absolute atomic E-state index is 0.136. The summed E-state index contributed by atoms with van der Waals surface area (Å²) >= 11 is 0. The summed E-state index contributed by atoms with van der Waals surface area (Å²) in [5.41, 5.74) is 4.95. The van der Waals surface area contributed by atoms with Crippen molar-refractivity contribution in [1.29, 1.82) is 0 Å². The van der Waals surface area contributed by atoms with Crippen LogP contribution in [0.4, 0.5) is 0 Å². The summed E-state index contributed by atoms with van der Waals surface area (Å²) in [6.07, 6.45) is 5.70. The van der Waals surface area contributed by atoms with E-state index in [1.165, 1.54) is 0 Å². The molecule has 0 radical (unpaired) electrons. The fraction of sp³-hybridized carbons (Fsp3) is 0.889. The quantitative estimate of drug-likeness (QED) is 0.837. The van der Waals surface area contributed by atoms with Crippen molar-refractivity contribution < 1.29 is 14.7 Å². The van der Waals surface area contributed by atoms with E-state index < -0.39 is 11.4 Å². The topological polar surface area (TPSA) is 80.4 Å². The molecule has 3 rings (SSSR count). The van der Waals surface area contributed by atoms with Gasteiger partial charge in [-0.1, -0.05) is 40.0 Å². The molecule has 0 heterocycles. The molecule has 5 atom stereocenters. The third kappa shape index (κ3) is 1.70. The van der Waals surface area contributed by atoms with Crippen LogP contribution in [0.2, 0.25) is 0 Å². The minimum Gasteiger partial charge on any atom is -0.481 e. The first-order chi connectivity index (χ1) is 10.3. The minimum atomic E-state index is -0.711. The second kappa shape index (κ2) is 4.97. The fourth-order valence-corrected chi connectivity index (χ4v) is 6.66. The van der Waals surface area contributed by atoms with Gasteiger partial charge in [-0.05, 0) is 42.9 Å². The number of carboxylic acid groups (broad SMARTS) is 1. The van der Waals surface area contributed by atoms with Crippen LogP contribution in [-0.4, -0.2) is 17.0 Å². The van der Waals surface area contributed by atoms with Crippen LogP contribution in [0.25, 0.3) is 0 Å². The van der Waals surface area contributed by atoms with Crippen molar-refractivity contribution >= 4 is 11.9 Å². The maximum Gasteiger partial charge on any atom is 0.307 e. The van der Waals surface area contributed by atoms with E-state index in [9.17, 15) is 14.7 Å². The van der Waals surface area contributed by atoms with E-state index in [2.05, 4.69) is 20.8 Å². The molecule has 1 amide bonds. The number of carbonyl (C=O) groups is 2. The average Bonchev–Trinajstić information content (AvgIpc) is 2.90. The van der Waals surface area contributed by atoms with Gasteiger partial charge < -0.3 is 10.8 Å². The molecule has 0 aromatic carbocycles. The van der Waals surface area contributed by atoms with Gasteiger partial charge in [-0.25, -0.2) is 0 Å². The molecule has 3 aliphatic rings. The van der Waals surface area contributed by atoms with Crippen molar-refractivity contribution in [3.63, 3.8) is 0 Å². The molecule has 3 aliphatic carbocycles. The Bertz CT molecular complexity index is 495. The highest BCUT2D eigenvalue weighted by Crippen LogP contribution is 2.80. The van der Waals surface area contributed by atoms with Crippen LogP contribution in [0.1, 0.15) is 59.3 Å². The van der Waals surface area contributed by atoms with Gasteiger partial charge in [0.15, 0.2) is 0 Å². The fourth-order valence-electron chi connectivity index (χ4n) is 6.66. The van der Waals surface area contributed by atoms with Gasteiger partial charge in [0.25, 0.3) is 0 Å². The summed E-state index contributed by atoms with van der Waals surface area (Å²) in [5, 5.41) is 9.87. The van der Waals surface area contributed by atoms with Crippen LogP contribution < -0.4 is 5.73 Å². The van der Waals surface area contributed by atoms with E-state index in [0.29, 0.717) is 17.8 Å². The van der Waals surface area contributed by atoms with E-state index in [1.54, 1.807) is 0 Å². The third-order valence-corrected chi connectivity index (χ3v) is 7.30. The van der Waals surface area contributed by atoms with Gasteiger partial charge in [-0.3, -0.25) is 9.59 Å². The normalized spacial score (nSPS) is 42.9. The molecule has 22 heavy (non-hydrogen) atoms. The largest absolute Gasteiger partial charge is 0.481 e. The molecule has 124 valence electrons. The zero-order chi connectivity index (χ0) is 16.3. The van der Waals surface area contributed by atoms with Crippen molar-refractivity contribution in [3.8, 4) is 0 Å². The molecule has 3 fully saturated rings. The second-order valence-corrected chi connectivity index (χ2v) is 8.33. The number of carbonyl (C=O) groups excluding carboxylic acids is 1. The number of rotatable bonds is 4. The number of fused-ring (bicyclic) bond motifs is 1. The van der Waals surface area contributed by atoms with Crippen LogP contribution in [0, 0.1) is 40.4 Å². The lowest BCUT2D eigenvalue weighted by atomic mass is 9.56. The zero-order valence-corrected chi connectivity index (χ0v) is 14.0. The second-order valence-electron chi connectivity index (χ2n) is 8.33. The Kier molecular flexibility index (Phi) is 3.57. The van der Waals surface area contributed by atoms with Crippen LogP contribution in [-0.2, 0) is 9.59 Å². The lowest BCUT2D eigenvalue weighted by Gasteiger charge is -2.47. The number of nitrogens with two attached hydrogens (primary N) is 1. The monoisotopic (exact) mass is 307 g/mol. The standard InChI is InChI=1S/C18H29NO3/c1-10(2)12-7-6-11(3)13-14(15(20)21)18(12,13)17(16(19)22)8-4-5-9-17/h10-14H,4-9H2,1-3H3,(H2,19,22)(H,20,21)/t11-,12+,13+,14+,18-/m1/s1. The van der Waals surface area contributed by atoms with E-state index in [-0.39, 0.29) is 23.2 Å². The van der Waals surface area contributed by atoms with Gasteiger partial charge in [0.1, 0.15) is 0 Å². The number of hydrogen-bond donors (Lipinski definition) is 2. The van der Waals surface area contributed by atoms with Crippen LogP contribution in [0.5, 0.6) is 0 Å². The summed E-state index contributed by atoms with van der Waals surface area (Å²) < 4.78 is 0. The maximum atomic E-state index is 12.5. The molecular formula is C18H29NO3. The first-order valence-electron chi connectivity index (χ1n) is 8.83. The Morgan fingerprint density at radius 2 is 1.77 bits per heavy atom. The molecule has 3 saturated carbocycles. The number of aliphatic carboxylic acids is 1. The van der Waals surface area contributed by atoms with E-state index in [1.807, 2.05) is 0 Å². The van der Waals surface area contributed by atoms with E-state index in [0.717, 1.165) is 38.5 Å². The Morgan fingerprint density at radius 1 is 1.18 bits per heavy atom. The molecule has 0 aromatic heterocycles. The predicted octanol–water partition coefficient (Wildman–Crippen LogP) is 3.05. The Balaban J connectivity index is 2.15. The third-order valence-electron chi connectivity index (χ3n) is 7.30. The lowest BCUT2D eigenvalue weighted by Crippen LogP contribution is -2.50. The van der Waals surface area contributed by atoms with Gasteiger partial charge in [-0.15, -0.1) is 0 Å². The highest BCUT2D eigenvalue weighted by atomic mass is 16.4. The first kappa shape index (κ1) is 15.8.